The molecule has 0 spiro atoms. The molecule has 3 aliphatic heterocycles. The number of amides is 1. The number of rotatable bonds is 11. The Kier molecular flexibility index (Phi) is 12.9. The summed E-state index contributed by atoms with van der Waals surface area (Å²) in [7, 11) is 1.74. The molecule has 1 unspecified atom stereocenters. The lowest BCUT2D eigenvalue weighted by molar-refractivity contribution is -0.119. The Bertz CT molecular complexity index is 1580. The third-order valence-electron chi connectivity index (χ3n) is 8.57. The third kappa shape index (κ3) is 10.0. The topological polar surface area (TPSA) is 92.5 Å². The van der Waals surface area contributed by atoms with Crippen molar-refractivity contribution in [3.63, 3.8) is 0 Å². The van der Waals surface area contributed by atoms with Crippen LogP contribution in [0.4, 0.5) is 5.69 Å². The molecule has 2 saturated heterocycles. The van der Waals surface area contributed by atoms with Crippen molar-refractivity contribution in [2.45, 2.75) is 26.4 Å². The molecule has 48 heavy (non-hydrogen) atoms. The van der Waals surface area contributed by atoms with E-state index in [2.05, 4.69) is 61.4 Å². The highest BCUT2D eigenvalue weighted by atomic mass is 32.2. The summed E-state index contributed by atoms with van der Waals surface area (Å²) in [5.74, 6) is 1.66. The number of furan rings is 1. The van der Waals surface area contributed by atoms with Crippen LogP contribution in [-0.2, 0) is 14.3 Å². The number of anilines is 1. The Morgan fingerprint density at radius 1 is 1.00 bits per heavy atom. The average molecular weight is 678 g/mol. The average Bonchev–Trinajstić information content (AvgIpc) is 3.50. The molecule has 0 saturated carbocycles. The van der Waals surface area contributed by atoms with Crippen molar-refractivity contribution >= 4 is 44.6 Å². The molecule has 0 radical (unpaired) electrons. The van der Waals surface area contributed by atoms with Crippen molar-refractivity contribution in [2.24, 2.45) is 0 Å². The van der Waals surface area contributed by atoms with Gasteiger partial charge >= 0.3 is 0 Å². The van der Waals surface area contributed by atoms with Crippen LogP contribution in [0.1, 0.15) is 26.3 Å². The summed E-state index contributed by atoms with van der Waals surface area (Å²) in [5, 5.41) is 9.18. The number of fused-ring (bicyclic) bond motifs is 1. The van der Waals surface area contributed by atoms with E-state index in [1.54, 1.807) is 13.3 Å². The molecule has 0 bridgehead atoms. The first-order valence-corrected chi connectivity index (χ1v) is 18.5. The number of methoxy groups -OCH3 is 1. The van der Waals surface area contributed by atoms with Gasteiger partial charge in [-0.1, -0.05) is 12.2 Å². The zero-order valence-electron chi connectivity index (χ0n) is 29.1. The fourth-order valence-corrected chi connectivity index (χ4v) is 6.60. The van der Waals surface area contributed by atoms with Gasteiger partial charge in [-0.3, -0.25) is 14.6 Å². The molecular formula is C37H51N5O5S. The number of benzene rings is 1. The monoisotopic (exact) mass is 677 g/mol. The van der Waals surface area contributed by atoms with Gasteiger partial charge in [0.2, 0.25) is 12.1 Å². The molecule has 1 amide bonds. The predicted molar refractivity (Wildman–Crippen MR) is 198 cm³/mol. The van der Waals surface area contributed by atoms with E-state index >= 15 is 0 Å². The highest BCUT2D eigenvalue weighted by Gasteiger charge is 2.23. The summed E-state index contributed by atoms with van der Waals surface area (Å²) in [6.07, 6.45) is 9.26. The van der Waals surface area contributed by atoms with E-state index in [0.29, 0.717) is 12.3 Å². The molecule has 0 aliphatic carbocycles. The Morgan fingerprint density at radius 2 is 1.71 bits per heavy atom. The van der Waals surface area contributed by atoms with E-state index in [1.807, 2.05) is 43.9 Å². The molecule has 5 heterocycles. The first kappa shape index (κ1) is 35.8. The van der Waals surface area contributed by atoms with Gasteiger partial charge in [-0.2, -0.15) is 10.5 Å². The van der Waals surface area contributed by atoms with Gasteiger partial charge in [-0.25, -0.2) is 4.98 Å². The van der Waals surface area contributed by atoms with Gasteiger partial charge in [0.1, 0.15) is 18.1 Å². The Morgan fingerprint density at radius 3 is 2.38 bits per heavy atom. The van der Waals surface area contributed by atoms with Gasteiger partial charge in [-0.15, -0.1) is 0 Å². The van der Waals surface area contributed by atoms with Crippen molar-refractivity contribution in [3.05, 3.63) is 59.7 Å². The second kappa shape index (κ2) is 17.3. The molecule has 2 fully saturated rings. The van der Waals surface area contributed by atoms with E-state index in [-0.39, 0.29) is 16.1 Å². The van der Waals surface area contributed by atoms with Crippen LogP contribution in [0.2, 0.25) is 0 Å². The van der Waals surface area contributed by atoms with Gasteiger partial charge in [-0.05, 0) is 73.7 Å². The maximum Gasteiger partial charge on any atom is 0.229 e. The fraction of sp³-hybridized carbons (Fsp3) is 0.486. The number of aromatic nitrogens is 1. The van der Waals surface area contributed by atoms with E-state index in [0.717, 1.165) is 118 Å². The molecule has 3 aliphatic rings. The normalized spacial score (nSPS) is 18.9. The van der Waals surface area contributed by atoms with Crippen molar-refractivity contribution in [3.8, 4) is 17.1 Å². The number of pyridine rings is 1. The van der Waals surface area contributed by atoms with Crippen LogP contribution in [0.5, 0.6) is 5.75 Å². The van der Waals surface area contributed by atoms with Crippen molar-refractivity contribution in [1.29, 1.82) is 0 Å². The van der Waals surface area contributed by atoms with E-state index in [1.165, 1.54) is 0 Å². The van der Waals surface area contributed by atoms with Gasteiger partial charge in [0.05, 0.1) is 24.2 Å². The van der Waals surface area contributed by atoms with Gasteiger partial charge in [0.15, 0.2) is 0 Å². The van der Waals surface area contributed by atoms with Crippen LogP contribution in [0.15, 0.2) is 58.5 Å². The minimum absolute atomic E-state index is 0.0349. The van der Waals surface area contributed by atoms with E-state index < -0.39 is 0 Å². The summed E-state index contributed by atoms with van der Waals surface area (Å²) in [4.78, 5) is 22.3. The molecule has 2 aromatic heterocycles. The molecular weight excluding hydrogens is 627 g/mol. The van der Waals surface area contributed by atoms with Crippen LogP contribution in [-0.4, -0.2) is 129 Å². The Labute approximate surface area is 287 Å². The quantitative estimate of drug-likeness (QED) is 0.211. The molecule has 11 heteroatoms. The maximum atomic E-state index is 11.0. The number of morpholine rings is 1. The van der Waals surface area contributed by atoms with Crippen LogP contribution in [0, 0.1) is 0 Å². The number of nitrogens with one attached hydrogen (secondary N) is 1. The van der Waals surface area contributed by atoms with Crippen LogP contribution >= 0.6 is 10.5 Å². The lowest BCUT2D eigenvalue weighted by Gasteiger charge is -2.32. The zero-order valence-corrected chi connectivity index (χ0v) is 29.9. The molecule has 260 valence electrons. The number of carbonyl (C=O) groups is 1. The number of hydrogen-bond acceptors (Lipinski definition) is 9. The van der Waals surface area contributed by atoms with Gasteiger partial charge < -0.3 is 28.8 Å². The van der Waals surface area contributed by atoms with Gasteiger partial charge in [0, 0.05) is 89.0 Å². The highest BCUT2D eigenvalue weighted by Crippen LogP contribution is 2.43. The van der Waals surface area contributed by atoms with Crippen LogP contribution in [0.25, 0.3) is 28.0 Å². The smallest absolute Gasteiger partial charge is 0.229 e. The van der Waals surface area contributed by atoms with E-state index in [9.17, 15) is 4.79 Å². The molecule has 6 rings (SSSR count). The van der Waals surface area contributed by atoms with Crippen molar-refractivity contribution in [1.82, 2.24) is 19.7 Å². The lowest BCUT2D eigenvalue weighted by Crippen LogP contribution is -2.46. The first-order valence-electron chi connectivity index (χ1n) is 16.8. The number of nitrogens with zero attached hydrogens (tertiary/aromatic N) is 4. The Balaban J connectivity index is 0.000000689. The molecule has 1 aromatic carbocycles. The number of carbonyl (C=O) groups excluding carboxylic acids is 1. The summed E-state index contributed by atoms with van der Waals surface area (Å²) in [5.41, 5.74) is 4.87. The minimum atomic E-state index is 0.0349. The molecule has 3 aromatic rings. The SMILES string of the molecule is COC(C)(C)C.CS1=CC=CC(c2c(-c3ccc(OCCN4CCOCC4)cc3)oc3nccc(NCCN4CCN(C=O)CC4)c23)=C1. The molecule has 1 atom stereocenters. The second-order valence-corrected chi connectivity index (χ2v) is 14.8. The van der Waals surface area contributed by atoms with Crippen molar-refractivity contribution < 1.29 is 23.4 Å². The van der Waals surface area contributed by atoms with E-state index in [4.69, 9.17) is 18.6 Å². The number of piperazine rings is 1. The van der Waals surface area contributed by atoms with Crippen LogP contribution < -0.4 is 10.1 Å². The molecule has 10 nitrogen and oxygen atoms in total. The first-order chi connectivity index (χ1) is 23.2. The number of hydrogen-bond donors (Lipinski definition) is 1. The predicted octanol–water partition coefficient (Wildman–Crippen LogP) is 5.43. The fourth-order valence-electron chi connectivity index (χ4n) is 5.60. The number of ether oxygens (including phenoxy) is 3. The lowest BCUT2D eigenvalue weighted by atomic mass is 9.99. The summed E-state index contributed by atoms with van der Waals surface area (Å²) < 4.78 is 22.9. The highest BCUT2D eigenvalue weighted by molar-refractivity contribution is 8.17. The molecule has 1 N–H and O–H groups in total. The second-order valence-electron chi connectivity index (χ2n) is 13.1. The Hall–Kier alpha value is -3.48. The standard InChI is InChI=1S/C32H39N5O4S.C5H12O/c1-42-22-2-3-26(23-42)29-30-28(33-10-11-35-12-14-37(24-38)15-13-35)8-9-34-32(30)41-31(29)25-4-6-27(7-5-25)40-21-18-36-16-19-39-20-17-36;1-5(2,3)6-4/h2-9,22-24H,10-21H2,1H3,(H,33,34);1-4H3. The minimum Gasteiger partial charge on any atom is -0.492 e. The zero-order chi connectivity index (χ0) is 33.9. The summed E-state index contributed by atoms with van der Waals surface area (Å²) in [6.45, 7) is 16.2. The third-order valence-corrected chi connectivity index (χ3v) is 9.78. The largest absolute Gasteiger partial charge is 0.492 e. The number of allylic oxidation sites excluding steroid dienone is 3. The van der Waals surface area contributed by atoms with Crippen LogP contribution in [0.3, 0.4) is 0 Å². The summed E-state index contributed by atoms with van der Waals surface area (Å²) >= 11 is 0. The van der Waals surface area contributed by atoms with Crippen molar-refractivity contribution in [2.75, 3.05) is 97.4 Å². The summed E-state index contributed by atoms with van der Waals surface area (Å²) in [6, 6.07) is 10.2. The maximum absolute atomic E-state index is 11.0. The van der Waals surface area contributed by atoms with Gasteiger partial charge in [0.25, 0.3) is 0 Å².